The third-order valence-corrected chi connectivity index (χ3v) is 4.89. The van der Waals surface area contributed by atoms with Crippen LogP contribution in [0.5, 0.6) is 0 Å². The molecule has 2 rings (SSSR count). The van der Waals surface area contributed by atoms with E-state index in [9.17, 15) is 0 Å². The van der Waals surface area contributed by atoms with Gasteiger partial charge in [-0.15, -0.1) is 22.7 Å². The number of thiophene rings is 2. The van der Waals surface area contributed by atoms with E-state index in [-0.39, 0.29) is 6.04 Å². The minimum Gasteiger partial charge on any atom is -0.319 e. The third-order valence-electron chi connectivity index (χ3n) is 1.79. The van der Waals surface area contributed by atoms with Crippen LogP contribution in [0, 0.1) is 0 Å². The van der Waals surface area contributed by atoms with Gasteiger partial charge in [0.05, 0.1) is 10.4 Å². The number of hydrogen-bond donors (Lipinski definition) is 1. The van der Waals surface area contributed by atoms with Crippen LogP contribution in [0.15, 0.2) is 28.1 Å². The lowest BCUT2D eigenvalue weighted by molar-refractivity contribution is 0.917. The maximum absolute atomic E-state index is 6.08. The molecule has 74 valence electrons. The summed E-state index contributed by atoms with van der Waals surface area (Å²) in [6, 6.07) is 5.85. The van der Waals surface area contributed by atoms with Gasteiger partial charge in [0.1, 0.15) is 0 Å². The molecule has 0 aromatic carbocycles. The zero-order valence-electron chi connectivity index (χ0n) is 7.04. The summed E-state index contributed by atoms with van der Waals surface area (Å²) in [4.78, 5) is 2.25. The van der Waals surface area contributed by atoms with Crippen molar-refractivity contribution in [2.75, 3.05) is 0 Å². The predicted octanol–water partition coefficient (Wildman–Crippen LogP) is 4.27. The monoisotopic (exact) mass is 307 g/mol. The topological polar surface area (TPSA) is 26.0 Å². The molecule has 2 aromatic rings. The highest BCUT2D eigenvalue weighted by Gasteiger charge is 2.12. The van der Waals surface area contributed by atoms with Crippen molar-refractivity contribution >= 4 is 50.2 Å². The quantitative estimate of drug-likeness (QED) is 0.880. The van der Waals surface area contributed by atoms with Crippen molar-refractivity contribution in [3.8, 4) is 0 Å². The van der Waals surface area contributed by atoms with Crippen molar-refractivity contribution in [1.29, 1.82) is 0 Å². The van der Waals surface area contributed by atoms with Gasteiger partial charge >= 0.3 is 0 Å². The first-order valence-corrected chi connectivity index (χ1v) is 6.78. The van der Waals surface area contributed by atoms with Gasteiger partial charge in [-0.2, -0.15) is 0 Å². The summed E-state index contributed by atoms with van der Waals surface area (Å²) in [7, 11) is 0. The van der Waals surface area contributed by atoms with Gasteiger partial charge in [0.15, 0.2) is 0 Å². The molecule has 0 fully saturated rings. The van der Waals surface area contributed by atoms with Crippen LogP contribution >= 0.6 is 50.2 Å². The van der Waals surface area contributed by atoms with Gasteiger partial charge in [-0.25, -0.2) is 0 Å². The fraction of sp³-hybridized carbons (Fsp3) is 0.111. The van der Waals surface area contributed by atoms with E-state index in [1.807, 2.05) is 23.6 Å². The highest BCUT2D eigenvalue weighted by atomic mass is 79.9. The molecule has 1 unspecified atom stereocenters. The molecule has 0 saturated heterocycles. The summed E-state index contributed by atoms with van der Waals surface area (Å²) in [6.45, 7) is 0. The smallest absolute Gasteiger partial charge is 0.0931 e. The maximum Gasteiger partial charge on any atom is 0.0931 e. The Balaban J connectivity index is 2.28. The molecular weight excluding hydrogens is 302 g/mol. The van der Waals surface area contributed by atoms with E-state index in [0.29, 0.717) is 0 Å². The Bertz CT molecular complexity index is 397. The normalized spacial score (nSPS) is 13.1. The molecule has 0 radical (unpaired) electrons. The largest absolute Gasteiger partial charge is 0.319 e. The minimum atomic E-state index is -0.0520. The van der Waals surface area contributed by atoms with Crippen LogP contribution in [-0.4, -0.2) is 0 Å². The molecule has 0 saturated carbocycles. The van der Waals surface area contributed by atoms with Crippen molar-refractivity contribution in [3.63, 3.8) is 0 Å². The lowest BCUT2D eigenvalue weighted by Gasteiger charge is -2.05. The van der Waals surface area contributed by atoms with Crippen molar-refractivity contribution in [3.05, 3.63) is 42.1 Å². The van der Waals surface area contributed by atoms with Gasteiger partial charge in [-0.05, 0) is 34.1 Å². The van der Waals surface area contributed by atoms with Crippen LogP contribution in [0.2, 0.25) is 4.34 Å². The highest BCUT2D eigenvalue weighted by molar-refractivity contribution is 9.10. The fourth-order valence-electron chi connectivity index (χ4n) is 1.13. The molecule has 1 nitrogen and oxygen atoms in total. The van der Waals surface area contributed by atoms with Gasteiger partial charge in [-0.1, -0.05) is 11.6 Å². The van der Waals surface area contributed by atoms with Crippen LogP contribution in [0.3, 0.4) is 0 Å². The fourth-order valence-corrected chi connectivity index (χ4v) is 3.75. The first-order chi connectivity index (χ1) is 6.66. The van der Waals surface area contributed by atoms with Gasteiger partial charge in [0, 0.05) is 19.6 Å². The highest BCUT2D eigenvalue weighted by Crippen LogP contribution is 2.33. The Morgan fingerprint density at radius 3 is 2.64 bits per heavy atom. The molecule has 2 aromatic heterocycles. The van der Waals surface area contributed by atoms with E-state index < -0.39 is 0 Å². The van der Waals surface area contributed by atoms with Crippen molar-refractivity contribution in [2.24, 2.45) is 5.73 Å². The average Bonchev–Trinajstić information content (AvgIpc) is 2.73. The summed E-state index contributed by atoms with van der Waals surface area (Å²) < 4.78 is 1.86. The van der Waals surface area contributed by atoms with Crippen molar-refractivity contribution in [2.45, 2.75) is 6.04 Å². The molecule has 0 aliphatic heterocycles. The first kappa shape index (κ1) is 10.6. The van der Waals surface area contributed by atoms with Crippen molar-refractivity contribution in [1.82, 2.24) is 0 Å². The van der Waals surface area contributed by atoms with E-state index in [4.69, 9.17) is 17.3 Å². The average molecular weight is 309 g/mol. The molecule has 0 aliphatic carbocycles. The maximum atomic E-state index is 6.08. The van der Waals surface area contributed by atoms with E-state index in [2.05, 4.69) is 15.9 Å². The van der Waals surface area contributed by atoms with Gasteiger partial charge in [-0.3, -0.25) is 0 Å². The lowest BCUT2D eigenvalue weighted by Crippen LogP contribution is -2.07. The van der Waals surface area contributed by atoms with E-state index in [0.717, 1.165) is 18.6 Å². The molecule has 1 atom stereocenters. The van der Waals surface area contributed by atoms with Crippen LogP contribution < -0.4 is 5.73 Å². The molecule has 0 spiro atoms. The summed E-state index contributed by atoms with van der Waals surface area (Å²) in [5, 5.41) is 2.03. The van der Waals surface area contributed by atoms with Gasteiger partial charge in [0.25, 0.3) is 0 Å². The molecule has 14 heavy (non-hydrogen) atoms. The van der Waals surface area contributed by atoms with Crippen LogP contribution in [0.25, 0.3) is 0 Å². The summed E-state index contributed by atoms with van der Waals surface area (Å²) >= 11 is 12.4. The number of hydrogen-bond acceptors (Lipinski definition) is 3. The molecule has 0 bridgehead atoms. The molecule has 0 aliphatic rings. The molecule has 2 heterocycles. The number of rotatable bonds is 2. The third kappa shape index (κ3) is 2.20. The Kier molecular flexibility index (Phi) is 3.29. The molecule has 0 amide bonds. The summed E-state index contributed by atoms with van der Waals surface area (Å²) in [5.41, 5.74) is 6.08. The van der Waals surface area contributed by atoms with E-state index in [1.54, 1.807) is 11.3 Å². The summed E-state index contributed by atoms with van der Waals surface area (Å²) in [6.07, 6.45) is 0. The number of halogens is 2. The lowest BCUT2D eigenvalue weighted by atomic mass is 10.2. The minimum absolute atomic E-state index is 0.0520. The summed E-state index contributed by atoms with van der Waals surface area (Å²) in [5.74, 6) is 0. The Hall–Kier alpha value is 0.130. The molecule has 2 N–H and O–H groups in total. The Morgan fingerprint density at radius 1 is 1.36 bits per heavy atom. The van der Waals surface area contributed by atoms with Crippen LogP contribution in [0.4, 0.5) is 0 Å². The zero-order chi connectivity index (χ0) is 10.1. The number of nitrogens with two attached hydrogens (primary N) is 1. The molecular formula is C9H7BrClNS2. The van der Waals surface area contributed by atoms with E-state index >= 15 is 0 Å². The second kappa shape index (κ2) is 4.33. The zero-order valence-corrected chi connectivity index (χ0v) is 11.0. The second-order valence-electron chi connectivity index (χ2n) is 2.79. The first-order valence-electron chi connectivity index (χ1n) is 3.91. The second-order valence-corrected chi connectivity index (χ2v) is 6.39. The van der Waals surface area contributed by atoms with Crippen LogP contribution in [0.1, 0.15) is 15.8 Å². The van der Waals surface area contributed by atoms with Gasteiger partial charge in [0.2, 0.25) is 0 Å². The predicted molar refractivity (Wildman–Crippen MR) is 67.4 cm³/mol. The van der Waals surface area contributed by atoms with E-state index in [1.165, 1.54) is 11.3 Å². The Morgan fingerprint density at radius 2 is 2.14 bits per heavy atom. The Labute approximate surface area is 104 Å². The SMILES string of the molecule is NC(c1cc(Br)cs1)c1ccc(Cl)s1. The van der Waals surface area contributed by atoms with Gasteiger partial charge < -0.3 is 5.73 Å². The standard InChI is InChI=1S/C9H7BrClNS2/c10-5-3-7(13-4-5)9(12)6-1-2-8(11)14-6/h1-4,9H,12H2. The van der Waals surface area contributed by atoms with Crippen molar-refractivity contribution < 1.29 is 0 Å². The van der Waals surface area contributed by atoms with Crippen LogP contribution in [-0.2, 0) is 0 Å². The molecule has 5 heteroatoms.